The molecule has 190 valence electrons. The molecule has 1 amide bonds. The monoisotopic (exact) mass is 536 g/mol. The summed E-state index contributed by atoms with van der Waals surface area (Å²) in [6, 6.07) is 7.71. The molecule has 2 aromatic heterocycles. The smallest absolute Gasteiger partial charge is 0.264 e. The fraction of sp³-hybridized carbons (Fsp3) is 0.480. The van der Waals surface area contributed by atoms with Crippen LogP contribution in [0, 0.1) is 0 Å². The number of aliphatic hydroxyl groups is 1. The molecule has 0 saturated heterocycles. The average Bonchev–Trinajstić information content (AvgIpc) is 3.10. The largest absolute Gasteiger partial charge is 0.415 e. The van der Waals surface area contributed by atoms with E-state index >= 15 is 0 Å². The van der Waals surface area contributed by atoms with Crippen molar-refractivity contribution in [3.05, 3.63) is 52.7 Å². The van der Waals surface area contributed by atoms with Crippen molar-refractivity contribution in [2.45, 2.75) is 64.9 Å². The highest BCUT2D eigenvalue weighted by molar-refractivity contribution is 6.74. The average molecular weight is 538 g/mol. The maximum Gasteiger partial charge on any atom is 0.264 e. The molecule has 0 aliphatic carbocycles. The van der Waals surface area contributed by atoms with Crippen LogP contribution in [0.25, 0.3) is 10.9 Å². The summed E-state index contributed by atoms with van der Waals surface area (Å²) in [6.07, 6.45) is 3.15. The maximum atomic E-state index is 13.7. The van der Waals surface area contributed by atoms with Crippen molar-refractivity contribution in [3.8, 4) is 0 Å². The molecule has 2 heterocycles. The zero-order valence-electron chi connectivity index (χ0n) is 21.4. The van der Waals surface area contributed by atoms with Crippen LogP contribution in [0.4, 0.5) is 5.69 Å². The lowest BCUT2D eigenvalue weighted by atomic mass is 10.1. The van der Waals surface area contributed by atoms with Crippen LogP contribution in [0.1, 0.15) is 45.0 Å². The second kappa shape index (κ2) is 10.2. The Labute approximate surface area is 218 Å². The Kier molecular flexibility index (Phi) is 8.03. The van der Waals surface area contributed by atoms with Crippen molar-refractivity contribution in [1.29, 1.82) is 0 Å². The zero-order valence-corrected chi connectivity index (χ0v) is 23.9. The topological polar surface area (TPSA) is 80.5 Å². The first-order valence-corrected chi connectivity index (χ1v) is 15.2. The van der Waals surface area contributed by atoms with E-state index in [0.717, 1.165) is 10.9 Å². The van der Waals surface area contributed by atoms with Gasteiger partial charge in [-0.3, -0.25) is 4.79 Å². The Bertz CT molecular complexity index is 1200. The molecule has 0 spiro atoms. The minimum Gasteiger partial charge on any atom is -0.415 e. The number of benzene rings is 1. The van der Waals surface area contributed by atoms with Crippen LogP contribution in [0.15, 0.2) is 36.8 Å². The lowest BCUT2D eigenvalue weighted by Crippen LogP contribution is -2.43. The number of carbonyl (C=O) groups is 1. The molecule has 7 nitrogen and oxygen atoms in total. The van der Waals surface area contributed by atoms with Gasteiger partial charge in [0, 0.05) is 29.3 Å². The summed E-state index contributed by atoms with van der Waals surface area (Å²) in [5.41, 5.74) is 0.843. The first-order valence-electron chi connectivity index (χ1n) is 11.5. The van der Waals surface area contributed by atoms with Gasteiger partial charge in [-0.1, -0.05) is 44.0 Å². The summed E-state index contributed by atoms with van der Waals surface area (Å²) in [4.78, 5) is 23.2. The third-order valence-electron chi connectivity index (χ3n) is 6.42. The van der Waals surface area contributed by atoms with Crippen molar-refractivity contribution in [1.82, 2.24) is 14.5 Å². The van der Waals surface area contributed by atoms with Crippen LogP contribution in [-0.4, -0.2) is 52.6 Å². The fourth-order valence-corrected chi connectivity index (χ4v) is 5.03. The first-order chi connectivity index (χ1) is 16.1. The summed E-state index contributed by atoms with van der Waals surface area (Å²) < 4.78 is 8.35. The van der Waals surface area contributed by atoms with E-state index in [1.807, 2.05) is 35.0 Å². The summed E-state index contributed by atoms with van der Waals surface area (Å²) in [5, 5.41) is 11.2. The molecule has 1 N–H and O–H groups in total. The number of amides is 1. The number of nitrogens with zero attached hydrogens (tertiary/aromatic N) is 4. The second-order valence-corrected chi connectivity index (χ2v) is 16.4. The molecule has 0 aliphatic rings. The lowest BCUT2D eigenvalue weighted by Gasteiger charge is -2.37. The molecule has 3 rings (SSSR count). The quantitative estimate of drug-likeness (QED) is 0.274. The molecule has 0 aliphatic heterocycles. The predicted molar refractivity (Wildman–Crippen MR) is 145 cm³/mol. The third kappa shape index (κ3) is 6.43. The Morgan fingerprint density at radius 2 is 1.74 bits per heavy atom. The number of hydrogen-bond donors (Lipinski definition) is 1. The van der Waals surface area contributed by atoms with Crippen LogP contribution < -0.4 is 4.90 Å². The molecule has 0 fully saturated rings. The predicted octanol–water partition coefficient (Wildman–Crippen LogP) is 6.18. The number of hydrogen-bond acceptors (Lipinski definition) is 5. The van der Waals surface area contributed by atoms with E-state index in [1.165, 1.54) is 6.33 Å². The van der Waals surface area contributed by atoms with Crippen LogP contribution in [0.3, 0.4) is 0 Å². The summed E-state index contributed by atoms with van der Waals surface area (Å²) >= 11 is 12.5. The molecular formula is C25H34Cl2N4O3Si. The molecule has 0 unspecified atom stereocenters. The van der Waals surface area contributed by atoms with Gasteiger partial charge in [0.1, 0.15) is 22.2 Å². The van der Waals surface area contributed by atoms with Gasteiger partial charge in [0.2, 0.25) is 0 Å². The Hall–Kier alpha value is -1.97. The number of fused-ring (bicyclic) bond motifs is 1. The lowest BCUT2D eigenvalue weighted by molar-refractivity contribution is 0.0628. The molecule has 0 saturated carbocycles. The van der Waals surface area contributed by atoms with Crippen LogP contribution >= 0.6 is 23.2 Å². The number of carbonyl (C=O) groups excluding carboxylic acids is 1. The van der Waals surface area contributed by atoms with Gasteiger partial charge >= 0.3 is 0 Å². The molecule has 10 heteroatoms. The van der Waals surface area contributed by atoms with Gasteiger partial charge in [0.15, 0.2) is 8.32 Å². The number of aromatic nitrogens is 3. The van der Waals surface area contributed by atoms with E-state index in [4.69, 9.17) is 27.6 Å². The van der Waals surface area contributed by atoms with Crippen molar-refractivity contribution in [3.63, 3.8) is 0 Å². The highest BCUT2D eigenvalue weighted by atomic mass is 35.5. The van der Waals surface area contributed by atoms with Gasteiger partial charge in [-0.2, -0.15) is 0 Å². The van der Waals surface area contributed by atoms with Crippen LogP contribution in [0.2, 0.25) is 28.4 Å². The SMILES string of the molecule is CC(C)(O)Cn1ccc2cc(N(CCO[Si](C)(C)C(C)(C)C)C(=O)c3c(Cl)ncnc3Cl)ccc21. The molecule has 3 aromatic rings. The minimum absolute atomic E-state index is 0.00252. The van der Waals surface area contributed by atoms with Gasteiger partial charge < -0.3 is 19.0 Å². The van der Waals surface area contributed by atoms with E-state index in [0.29, 0.717) is 25.4 Å². The Morgan fingerprint density at radius 3 is 2.31 bits per heavy atom. The number of rotatable bonds is 8. The highest BCUT2D eigenvalue weighted by Gasteiger charge is 2.37. The van der Waals surface area contributed by atoms with Crippen molar-refractivity contribution < 1.29 is 14.3 Å². The standard InChI is InChI=1S/C25H34Cl2N4O3Si/c1-24(2,3)35(6,7)34-13-12-31(23(32)20-21(26)28-16-29-22(20)27)18-8-9-19-17(14-18)10-11-30(19)15-25(4,5)33/h8-11,14,16,33H,12-13,15H2,1-7H3. The maximum absolute atomic E-state index is 13.7. The normalized spacial score (nSPS) is 12.9. The van der Waals surface area contributed by atoms with Gasteiger partial charge in [0.05, 0.1) is 18.8 Å². The number of anilines is 1. The van der Waals surface area contributed by atoms with Gasteiger partial charge in [-0.25, -0.2) is 9.97 Å². The zero-order chi connectivity index (χ0) is 26.2. The van der Waals surface area contributed by atoms with Crippen molar-refractivity contribution in [2.24, 2.45) is 0 Å². The first kappa shape index (κ1) is 27.6. The van der Waals surface area contributed by atoms with Crippen molar-refractivity contribution >= 4 is 54.0 Å². The van der Waals surface area contributed by atoms with E-state index in [1.54, 1.807) is 18.7 Å². The van der Waals surface area contributed by atoms with Crippen molar-refractivity contribution in [2.75, 3.05) is 18.1 Å². The number of halogens is 2. The Balaban J connectivity index is 1.97. The van der Waals surface area contributed by atoms with Gasteiger partial charge in [-0.15, -0.1) is 0 Å². The summed E-state index contributed by atoms with van der Waals surface area (Å²) in [7, 11) is -2.01. The van der Waals surface area contributed by atoms with E-state index < -0.39 is 19.8 Å². The van der Waals surface area contributed by atoms with Crippen LogP contribution in [0.5, 0.6) is 0 Å². The highest BCUT2D eigenvalue weighted by Crippen LogP contribution is 2.36. The second-order valence-electron chi connectivity index (χ2n) is 10.9. The van der Waals surface area contributed by atoms with E-state index in [9.17, 15) is 9.90 Å². The minimum atomic E-state index is -2.01. The molecule has 35 heavy (non-hydrogen) atoms. The van der Waals surface area contributed by atoms with E-state index in [-0.39, 0.29) is 20.9 Å². The summed E-state index contributed by atoms with van der Waals surface area (Å²) in [6.45, 7) is 15.5. The summed E-state index contributed by atoms with van der Waals surface area (Å²) in [5.74, 6) is -0.394. The molecular weight excluding hydrogens is 503 g/mol. The third-order valence-corrected chi connectivity index (χ3v) is 11.5. The molecule has 1 aromatic carbocycles. The van der Waals surface area contributed by atoms with E-state index in [2.05, 4.69) is 43.8 Å². The molecule has 0 radical (unpaired) electrons. The van der Waals surface area contributed by atoms with Crippen LogP contribution in [-0.2, 0) is 11.0 Å². The fourth-order valence-electron chi connectivity index (χ4n) is 3.52. The molecule has 0 atom stereocenters. The van der Waals surface area contributed by atoms with Gasteiger partial charge in [0.25, 0.3) is 5.91 Å². The van der Waals surface area contributed by atoms with Gasteiger partial charge in [-0.05, 0) is 56.2 Å². The Morgan fingerprint density at radius 1 is 1.11 bits per heavy atom. The molecule has 0 bridgehead atoms.